The number of benzene rings is 1. The fourth-order valence-electron chi connectivity index (χ4n) is 3.41. The highest BCUT2D eigenvalue weighted by atomic mass is 19.1. The highest BCUT2D eigenvalue weighted by Gasteiger charge is 2.29. The van der Waals surface area contributed by atoms with Crippen LogP contribution in [0.3, 0.4) is 0 Å². The maximum Gasteiger partial charge on any atom is 0.266 e. The number of nitriles is 1. The number of halogens is 2. The summed E-state index contributed by atoms with van der Waals surface area (Å²) in [6.45, 7) is 3.69. The summed E-state index contributed by atoms with van der Waals surface area (Å²) < 4.78 is 38.2. The number of anilines is 2. The summed E-state index contributed by atoms with van der Waals surface area (Å²) in [5.41, 5.74) is -0.0338. The molecular formula is C21H19F2N5O3. The summed E-state index contributed by atoms with van der Waals surface area (Å²) in [7, 11) is 0. The lowest BCUT2D eigenvalue weighted by molar-refractivity contribution is -0.120. The Morgan fingerprint density at radius 2 is 2.03 bits per heavy atom. The Morgan fingerprint density at radius 1 is 1.26 bits per heavy atom. The van der Waals surface area contributed by atoms with Gasteiger partial charge in [-0.25, -0.2) is 8.78 Å². The van der Waals surface area contributed by atoms with E-state index in [-0.39, 0.29) is 17.3 Å². The van der Waals surface area contributed by atoms with Gasteiger partial charge in [0.1, 0.15) is 17.7 Å². The van der Waals surface area contributed by atoms with E-state index < -0.39 is 23.6 Å². The molecule has 1 amide bonds. The molecule has 4 rings (SSSR count). The standard InChI is InChI=1S/C21H19F2N5O3/c1-13(19(29)25-16-11-14(22)4-5-15(16)23)27-6-8-28(9-7-27)21-17(12-24)26-20(31-21)18-3-2-10-30-18/h2-5,10-11,13H,6-9H2,1H3,(H,25,29)/t13-/m0/s1. The number of hydrogen-bond acceptors (Lipinski definition) is 7. The van der Waals surface area contributed by atoms with Gasteiger partial charge in [0.15, 0.2) is 5.76 Å². The molecule has 0 radical (unpaired) electrons. The lowest BCUT2D eigenvalue weighted by Gasteiger charge is -2.37. The van der Waals surface area contributed by atoms with Gasteiger partial charge in [-0.1, -0.05) is 0 Å². The second-order valence-corrected chi connectivity index (χ2v) is 7.07. The minimum atomic E-state index is -0.700. The molecule has 0 unspecified atom stereocenters. The van der Waals surface area contributed by atoms with Gasteiger partial charge in [-0.15, -0.1) is 0 Å². The van der Waals surface area contributed by atoms with Crippen molar-refractivity contribution in [1.82, 2.24) is 9.88 Å². The number of aromatic nitrogens is 1. The summed E-state index contributed by atoms with van der Waals surface area (Å²) in [6, 6.07) is 7.77. The third-order valence-corrected chi connectivity index (χ3v) is 5.16. The van der Waals surface area contributed by atoms with Crippen LogP contribution in [0, 0.1) is 23.0 Å². The van der Waals surface area contributed by atoms with Crippen LogP contribution in [0.1, 0.15) is 12.6 Å². The molecule has 1 atom stereocenters. The minimum Gasteiger partial charge on any atom is -0.459 e. The zero-order valence-electron chi connectivity index (χ0n) is 16.6. The lowest BCUT2D eigenvalue weighted by atomic mass is 10.2. The van der Waals surface area contributed by atoms with E-state index in [2.05, 4.69) is 10.3 Å². The molecule has 160 valence electrons. The summed E-state index contributed by atoms with van der Waals surface area (Å²) in [5, 5.41) is 11.8. The van der Waals surface area contributed by atoms with Crippen molar-refractivity contribution in [3.05, 3.63) is 53.9 Å². The van der Waals surface area contributed by atoms with Gasteiger partial charge >= 0.3 is 0 Å². The van der Waals surface area contributed by atoms with Crippen molar-refractivity contribution in [2.75, 3.05) is 36.4 Å². The van der Waals surface area contributed by atoms with Crippen LogP contribution in [0.5, 0.6) is 0 Å². The first kappa shape index (κ1) is 20.6. The van der Waals surface area contributed by atoms with Crippen LogP contribution in [0.2, 0.25) is 0 Å². The fourth-order valence-corrected chi connectivity index (χ4v) is 3.41. The van der Waals surface area contributed by atoms with Crippen LogP contribution in [0.15, 0.2) is 45.4 Å². The van der Waals surface area contributed by atoms with Crippen molar-refractivity contribution in [2.45, 2.75) is 13.0 Å². The van der Waals surface area contributed by atoms with Gasteiger partial charge in [0, 0.05) is 32.2 Å². The summed E-state index contributed by atoms with van der Waals surface area (Å²) in [6.07, 6.45) is 1.49. The molecule has 1 saturated heterocycles. The van der Waals surface area contributed by atoms with E-state index in [4.69, 9.17) is 8.83 Å². The Labute approximate surface area is 176 Å². The number of rotatable bonds is 5. The first-order valence-electron chi connectivity index (χ1n) is 9.66. The van der Waals surface area contributed by atoms with Gasteiger partial charge in [0.2, 0.25) is 17.5 Å². The van der Waals surface area contributed by atoms with Gasteiger partial charge in [0.05, 0.1) is 18.0 Å². The maximum atomic E-state index is 13.8. The number of nitrogens with one attached hydrogen (secondary N) is 1. The predicted molar refractivity (Wildman–Crippen MR) is 107 cm³/mol. The molecule has 0 aliphatic carbocycles. The number of carbonyl (C=O) groups excluding carboxylic acids is 1. The van der Waals surface area contributed by atoms with Gasteiger partial charge in [-0.2, -0.15) is 10.2 Å². The third kappa shape index (κ3) is 4.27. The van der Waals surface area contributed by atoms with Crippen molar-refractivity contribution in [2.24, 2.45) is 0 Å². The van der Waals surface area contributed by atoms with Crippen molar-refractivity contribution in [3.63, 3.8) is 0 Å². The van der Waals surface area contributed by atoms with E-state index in [9.17, 15) is 18.8 Å². The molecule has 0 saturated carbocycles. The smallest absolute Gasteiger partial charge is 0.266 e. The van der Waals surface area contributed by atoms with E-state index in [1.54, 1.807) is 19.1 Å². The Hall–Kier alpha value is -3.71. The molecule has 8 nitrogen and oxygen atoms in total. The maximum absolute atomic E-state index is 13.8. The third-order valence-electron chi connectivity index (χ3n) is 5.16. The normalized spacial score (nSPS) is 15.5. The van der Waals surface area contributed by atoms with E-state index in [1.807, 2.05) is 15.9 Å². The monoisotopic (exact) mass is 427 g/mol. The quantitative estimate of drug-likeness (QED) is 0.667. The van der Waals surface area contributed by atoms with Gasteiger partial charge in [0.25, 0.3) is 5.89 Å². The number of carbonyl (C=O) groups is 1. The molecular weight excluding hydrogens is 408 g/mol. The first-order valence-corrected chi connectivity index (χ1v) is 9.66. The van der Waals surface area contributed by atoms with E-state index in [0.29, 0.717) is 37.8 Å². The number of furan rings is 1. The van der Waals surface area contributed by atoms with E-state index >= 15 is 0 Å². The second-order valence-electron chi connectivity index (χ2n) is 7.07. The average molecular weight is 427 g/mol. The molecule has 1 aliphatic rings. The predicted octanol–water partition coefficient (Wildman–Crippen LogP) is 3.23. The molecule has 2 aromatic heterocycles. The summed E-state index contributed by atoms with van der Waals surface area (Å²) >= 11 is 0. The molecule has 1 aliphatic heterocycles. The van der Waals surface area contributed by atoms with Crippen LogP contribution >= 0.6 is 0 Å². The molecule has 3 heterocycles. The van der Waals surface area contributed by atoms with Gasteiger partial charge in [-0.3, -0.25) is 9.69 Å². The van der Waals surface area contributed by atoms with Crippen molar-refractivity contribution in [1.29, 1.82) is 5.26 Å². The number of hydrogen-bond donors (Lipinski definition) is 1. The van der Waals surface area contributed by atoms with Crippen molar-refractivity contribution >= 4 is 17.5 Å². The topological polar surface area (TPSA) is 98.5 Å². The number of nitrogens with zero attached hydrogens (tertiary/aromatic N) is 4. The number of amides is 1. The van der Waals surface area contributed by atoms with E-state index in [0.717, 1.165) is 18.2 Å². The van der Waals surface area contributed by atoms with Crippen molar-refractivity contribution < 1.29 is 22.4 Å². The minimum absolute atomic E-state index is 0.159. The second kappa shape index (κ2) is 8.57. The molecule has 31 heavy (non-hydrogen) atoms. The van der Waals surface area contributed by atoms with Gasteiger partial charge in [-0.05, 0) is 31.2 Å². The molecule has 0 spiro atoms. The highest BCUT2D eigenvalue weighted by Crippen LogP contribution is 2.29. The Kier molecular flexibility index (Phi) is 5.68. The van der Waals surface area contributed by atoms with Crippen LogP contribution in [-0.2, 0) is 4.79 Å². The number of piperazine rings is 1. The van der Waals surface area contributed by atoms with Crippen molar-refractivity contribution in [3.8, 4) is 17.7 Å². The Morgan fingerprint density at radius 3 is 2.71 bits per heavy atom. The van der Waals surface area contributed by atoms with Gasteiger partial charge < -0.3 is 19.1 Å². The van der Waals surface area contributed by atoms with Crippen LogP contribution < -0.4 is 10.2 Å². The Balaban J connectivity index is 1.40. The number of oxazole rings is 1. The molecule has 1 fully saturated rings. The molecule has 1 aromatic carbocycles. The molecule has 0 bridgehead atoms. The lowest BCUT2D eigenvalue weighted by Crippen LogP contribution is -2.53. The summed E-state index contributed by atoms with van der Waals surface area (Å²) in [4.78, 5) is 20.5. The molecule has 1 N–H and O–H groups in total. The zero-order valence-corrected chi connectivity index (χ0v) is 16.6. The molecule has 10 heteroatoms. The SMILES string of the molecule is C[C@@H](C(=O)Nc1cc(F)ccc1F)N1CCN(c2oc(-c3ccco3)nc2C#N)CC1. The molecule has 3 aromatic rings. The fraction of sp³-hybridized carbons (Fsp3) is 0.286. The Bertz CT molecular complexity index is 1110. The van der Waals surface area contributed by atoms with Crippen LogP contribution in [0.25, 0.3) is 11.7 Å². The highest BCUT2D eigenvalue weighted by molar-refractivity contribution is 5.94. The van der Waals surface area contributed by atoms with E-state index in [1.165, 1.54) is 6.26 Å². The van der Waals surface area contributed by atoms with Crippen LogP contribution in [0.4, 0.5) is 20.4 Å². The average Bonchev–Trinajstić information content (AvgIpc) is 3.45. The summed E-state index contributed by atoms with van der Waals surface area (Å²) in [5.74, 6) is -0.760. The first-order chi connectivity index (χ1) is 15.0. The zero-order chi connectivity index (χ0) is 22.0. The largest absolute Gasteiger partial charge is 0.459 e. The van der Waals surface area contributed by atoms with Crippen LogP contribution in [-0.4, -0.2) is 48.0 Å².